The lowest BCUT2D eigenvalue weighted by Gasteiger charge is -2.05. The topological polar surface area (TPSA) is 63.1 Å². The summed E-state index contributed by atoms with van der Waals surface area (Å²) in [4.78, 5) is 21.4. The van der Waals surface area contributed by atoms with E-state index in [0.717, 1.165) is 18.5 Å². The van der Waals surface area contributed by atoms with Crippen LogP contribution in [0.2, 0.25) is 0 Å². The predicted octanol–water partition coefficient (Wildman–Crippen LogP) is 2.10. The van der Waals surface area contributed by atoms with E-state index in [9.17, 15) is 18.0 Å². The van der Waals surface area contributed by atoms with Crippen LogP contribution in [0.1, 0.15) is 5.56 Å². The summed E-state index contributed by atoms with van der Waals surface area (Å²) in [5.41, 5.74) is -0.0105. The zero-order chi connectivity index (χ0) is 14.3. The molecule has 102 valence electrons. The number of hydrogen-bond acceptors (Lipinski definition) is 3. The fraction of sp³-hybridized carbons (Fsp3) is 0.0833. The second-order valence-electron chi connectivity index (χ2n) is 4.10. The van der Waals surface area contributed by atoms with Gasteiger partial charge in [-0.2, -0.15) is 13.2 Å². The van der Waals surface area contributed by atoms with Crippen molar-refractivity contribution in [1.29, 1.82) is 0 Å². The maximum Gasteiger partial charge on any atom is 0.417 e. The summed E-state index contributed by atoms with van der Waals surface area (Å²) in [6.45, 7) is 0. The molecule has 0 radical (unpaired) electrons. The van der Waals surface area contributed by atoms with Gasteiger partial charge in [-0.3, -0.25) is 4.79 Å². The fourth-order valence-electron chi connectivity index (χ4n) is 1.77. The van der Waals surface area contributed by atoms with Gasteiger partial charge in [-0.1, -0.05) is 0 Å². The molecular formula is C12H7F3N4O. The van der Waals surface area contributed by atoms with Crippen LogP contribution in [0.15, 0.2) is 41.7 Å². The molecule has 0 amide bonds. The van der Waals surface area contributed by atoms with Gasteiger partial charge < -0.3 is 9.38 Å². The van der Waals surface area contributed by atoms with Crippen LogP contribution in [-0.2, 0) is 6.18 Å². The maximum atomic E-state index is 12.6. The lowest BCUT2D eigenvalue weighted by molar-refractivity contribution is -0.137. The Labute approximate surface area is 109 Å². The number of nitrogens with zero attached hydrogens (tertiary/aromatic N) is 3. The first-order chi connectivity index (χ1) is 9.43. The van der Waals surface area contributed by atoms with Crippen LogP contribution in [0.4, 0.5) is 13.2 Å². The molecule has 0 spiro atoms. The van der Waals surface area contributed by atoms with Gasteiger partial charge in [0.1, 0.15) is 17.0 Å². The van der Waals surface area contributed by atoms with Crippen molar-refractivity contribution in [3.8, 4) is 11.4 Å². The van der Waals surface area contributed by atoms with Crippen LogP contribution >= 0.6 is 0 Å². The Kier molecular flexibility index (Phi) is 2.60. The first-order valence-corrected chi connectivity index (χ1v) is 5.54. The highest BCUT2D eigenvalue weighted by molar-refractivity contribution is 5.58. The average molecular weight is 280 g/mol. The van der Waals surface area contributed by atoms with E-state index in [2.05, 4.69) is 15.0 Å². The lowest BCUT2D eigenvalue weighted by atomic mass is 10.3. The van der Waals surface area contributed by atoms with E-state index in [4.69, 9.17) is 0 Å². The molecule has 0 atom stereocenters. The Morgan fingerprint density at radius 1 is 1.15 bits per heavy atom. The van der Waals surface area contributed by atoms with Gasteiger partial charge in [-0.15, -0.1) is 0 Å². The largest absolute Gasteiger partial charge is 0.417 e. The monoisotopic (exact) mass is 280 g/mol. The molecule has 5 nitrogen and oxygen atoms in total. The number of pyridine rings is 1. The maximum absolute atomic E-state index is 12.6. The molecule has 0 saturated carbocycles. The van der Waals surface area contributed by atoms with Gasteiger partial charge in [0.2, 0.25) is 0 Å². The number of fused-ring (bicyclic) bond motifs is 1. The van der Waals surface area contributed by atoms with Crippen LogP contribution in [0, 0.1) is 0 Å². The third-order valence-electron chi connectivity index (χ3n) is 2.71. The summed E-state index contributed by atoms with van der Waals surface area (Å²) in [7, 11) is 0. The number of hydrogen-bond donors (Lipinski definition) is 1. The summed E-state index contributed by atoms with van der Waals surface area (Å²) < 4.78 is 39.1. The van der Waals surface area contributed by atoms with E-state index in [0.29, 0.717) is 17.0 Å². The van der Waals surface area contributed by atoms with E-state index < -0.39 is 11.7 Å². The third-order valence-corrected chi connectivity index (χ3v) is 2.71. The second kappa shape index (κ2) is 4.19. The molecule has 0 aromatic carbocycles. The molecule has 0 unspecified atom stereocenters. The first kappa shape index (κ1) is 12.4. The minimum absolute atomic E-state index is 0.362. The van der Waals surface area contributed by atoms with Crippen LogP contribution < -0.4 is 5.56 Å². The van der Waals surface area contributed by atoms with Gasteiger partial charge in [-0.05, 0) is 12.1 Å². The van der Waals surface area contributed by atoms with Crippen molar-refractivity contribution in [1.82, 2.24) is 19.4 Å². The van der Waals surface area contributed by atoms with Crippen molar-refractivity contribution in [3.05, 3.63) is 52.8 Å². The van der Waals surface area contributed by atoms with Crippen LogP contribution in [0.5, 0.6) is 0 Å². The molecule has 0 bridgehead atoms. The Morgan fingerprint density at radius 2 is 1.95 bits per heavy atom. The zero-order valence-corrected chi connectivity index (χ0v) is 9.85. The van der Waals surface area contributed by atoms with Gasteiger partial charge in [0.25, 0.3) is 5.56 Å². The van der Waals surface area contributed by atoms with Crippen molar-refractivity contribution in [2.24, 2.45) is 0 Å². The number of imidazole rings is 1. The van der Waals surface area contributed by atoms with Gasteiger partial charge in [0.05, 0.1) is 11.8 Å². The van der Waals surface area contributed by atoms with E-state index >= 15 is 0 Å². The third kappa shape index (κ3) is 2.15. The molecule has 3 heterocycles. The Morgan fingerprint density at radius 3 is 2.60 bits per heavy atom. The number of halogens is 3. The number of H-pyrrole nitrogens is 1. The quantitative estimate of drug-likeness (QED) is 0.742. The SMILES string of the molecule is O=c1cnc(-c2cn3cc(C(F)(F)F)ccc3n2)c[nH]1. The number of alkyl halides is 3. The van der Waals surface area contributed by atoms with Crippen molar-refractivity contribution in [2.75, 3.05) is 0 Å². The summed E-state index contributed by atoms with van der Waals surface area (Å²) in [6.07, 6.45) is 0.410. The minimum atomic E-state index is -4.41. The molecular weight excluding hydrogens is 273 g/mol. The van der Waals surface area contributed by atoms with E-state index in [1.54, 1.807) is 0 Å². The van der Waals surface area contributed by atoms with Crippen LogP contribution in [0.3, 0.4) is 0 Å². The highest BCUT2D eigenvalue weighted by Gasteiger charge is 2.30. The normalized spacial score (nSPS) is 11.9. The van der Waals surface area contributed by atoms with Crippen LogP contribution in [-0.4, -0.2) is 19.4 Å². The number of aromatic amines is 1. The Hall–Kier alpha value is -2.64. The molecule has 0 fully saturated rings. The summed E-state index contributed by atoms with van der Waals surface area (Å²) >= 11 is 0. The Balaban J connectivity index is 2.11. The Bertz CT molecular complexity index is 814. The first-order valence-electron chi connectivity index (χ1n) is 5.54. The second-order valence-corrected chi connectivity index (χ2v) is 4.10. The van der Waals surface area contributed by atoms with Crippen LogP contribution in [0.25, 0.3) is 17.0 Å². The zero-order valence-electron chi connectivity index (χ0n) is 9.85. The van der Waals surface area contributed by atoms with Gasteiger partial charge >= 0.3 is 6.18 Å². The molecule has 3 rings (SSSR count). The predicted molar refractivity (Wildman–Crippen MR) is 64.0 cm³/mol. The van der Waals surface area contributed by atoms with Gasteiger partial charge in [0, 0.05) is 18.6 Å². The molecule has 0 saturated heterocycles. The highest BCUT2D eigenvalue weighted by Crippen LogP contribution is 2.29. The van der Waals surface area contributed by atoms with Crippen molar-refractivity contribution in [3.63, 3.8) is 0 Å². The standard InChI is InChI=1S/C12H7F3N4O/c13-12(14,15)7-1-2-10-18-9(6-19(10)5-7)8-3-17-11(20)4-16-8/h1-6H,(H,17,20). The van der Waals surface area contributed by atoms with E-state index in [1.807, 2.05) is 0 Å². The molecule has 0 aliphatic carbocycles. The molecule has 3 aromatic rings. The van der Waals surface area contributed by atoms with Crippen molar-refractivity contribution < 1.29 is 13.2 Å². The van der Waals surface area contributed by atoms with Gasteiger partial charge in [0.15, 0.2) is 0 Å². The smallest absolute Gasteiger partial charge is 0.326 e. The number of aromatic nitrogens is 4. The number of nitrogens with one attached hydrogen (secondary N) is 1. The molecule has 0 aliphatic heterocycles. The fourth-order valence-corrected chi connectivity index (χ4v) is 1.77. The molecule has 8 heteroatoms. The lowest BCUT2D eigenvalue weighted by Crippen LogP contribution is -2.05. The molecule has 3 aromatic heterocycles. The van der Waals surface area contributed by atoms with Crippen molar-refractivity contribution in [2.45, 2.75) is 6.18 Å². The number of rotatable bonds is 1. The van der Waals surface area contributed by atoms with Gasteiger partial charge in [-0.25, -0.2) is 9.97 Å². The molecule has 1 N–H and O–H groups in total. The summed E-state index contributed by atoms with van der Waals surface area (Å²) in [6, 6.07) is 2.24. The van der Waals surface area contributed by atoms with E-state index in [1.165, 1.54) is 22.9 Å². The summed E-state index contributed by atoms with van der Waals surface area (Å²) in [5.74, 6) is 0. The minimum Gasteiger partial charge on any atom is -0.326 e. The highest BCUT2D eigenvalue weighted by atomic mass is 19.4. The average Bonchev–Trinajstić information content (AvgIpc) is 2.81. The molecule has 0 aliphatic rings. The summed E-state index contributed by atoms with van der Waals surface area (Å²) in [5, 5.41) is 0. The van der Waals surface area contributed by atoms with Crippen molar-refractivity contribution >= 4 is 5.65 Å². The van der Waals surface area contributed by atoms with E-state index in [-0.39, 0.29) is 5.56 Å². The molecule has 20 heavy (non-hydrogen) atoms.